The third-order valence-electron chi connectivity index (χ3n) is 2.53. The Balaban J connectivity index is 2.82. The number of rotatable bonds is 3. The third-order valence-corrected chi connectivity index (χ3v) is 2.94. The van der Waals surface area contributed by atoms with Crippen LogP contribution in [0.4, 0.5) is 0 Å². The molecule has 0 aromatic rings. The Morgan fingerprint density at radius 2 is 1.33 bits per heavy atom. The first-order valence-corrected chi connectivity index (χ1v) is 5.64. The lowest BCUT2D eigenvalue weighted by molar-refractivity contribution is -0.221. The van der Waals surface area contributed by atoms with E-state index in [9.17, 15) is 20.4 Å². The van der Waals surface area contributed by atoms with E-state index in [0.29, 0.717) is 0 Å². The molecular formula is C8H16O6S. The summed E-state index contributed by atoms with van der Waals surface area (Å²) in [7, 11) is 1.34. The summed E-state index contributed by atoms with van der Waals surface area (Å²) in [4.78, 5) is 0. The molecule has 0 saturated heterocycles. The van der Waals surface area contributed by atoms with Gasteiger partial charge in [0, 0.05) is 13.4 Å². The van der Waals surface area contributed by atoms with Crippen molar-refractivity contribution in [2.45, 2.75) is 36.6 Å². The first kappa shape index (κ1) is 13.2. The third kappa shape index (κ3) is 2.44. The molecule has 1 aliphatic carbocycles. The van der Waals surface area contributed by atoms with Crippen molar-refractivity contribution >= 4 is 12.0 Å². The monoisotopic (exact) mass is 240 g/mol. The lowest BCUT2D eigenvalue weighted by atomic mass is 9.85. The van der Waals surface area contributed by atoms with Gasteiger partial charge in [0.15, 0.2) is 0 Å². The summed E-state index contributed by atoms with van der Waals surface area (Å²) in [5, 5.41) is 38.0. The highest BCUT2D eigenvalue weighted by molar-refractivity contribution is 7.93. The van der Waals surface area contributed by atoms with Crippen LogP contribution in [0.25, 0.3) is 0 Å². The Bertz CT molecular complexity index is 204. The highest BCUT2D eigenvalue weighted by Crippen LogP contribution is 2.27. The zero-order valence-corrected chi connectivity index (χ0v) is 9.29. The molecule has 1 saturated carbocycles. The van der Waals surface area contributed by atoms with E-state index in [2.05, 4.69) is 0 Å². The maximum atomic E-state index is 9.62. The maximum absolute atomic E-state index is 9.62. The number of methoxy groups -OCH3 is 1. The lowest BCUT2D eigenvalue weighted by Gasteiger charge is -2.42. The minimum absolute atomic E-state index is 0.870. The molecule has 7 heteroatoms. The van der Waals surface area contributed by atoms with Crippen molar-refractivity contribution in [3.05, 3.63) is 0 Å². The number of aliphatic hydroxyl groups excluding tert-OH is 4. The van der Waals surface area contributed by atoms with Crippen molar-refractivity contribution in [2.24, 2.45) is 0 Å². The fourth-order valence-corrected chi connectivity index (χ4v) is 2.12. The molecule has 4 N–H and O–H groups in total. The van der Waals surface area contributed by atoms with Gasteiger partial charge in [-0.3, -0.25) is 0 Å². The van der Waals surface area contributed by atoms with Crippen molar-refractivity contribution in [1.82, 2.24) is 0 Å². The fourth-order valence-electron chi connectivity index (χ4n) is 1.68. The zero-order chi connectivity index (χ0) is 11.6. The molecule has 1 rings (SSSR count). The Labute approximate surface area is 92.0 Å². The molecule has 0 spiro atoms. The van der Waals surface area contributed by atoms with Gasteiger partial charge < -0.3 is 29.3 Å². The molecule has 6 atom stereocenters. The van der Waals surface area contributed by atoms with Gasteiger partial charge in [0.05, 0.1) is 0 Å². The number of aliphatic hydroxyl groups is 4. The van der Waals surface area contributed by atoms with Crippen molar-refractivity contribution in [3.8, 4) is 0 Å². The summed E-state index contributed by atoms with van der Waals surface area (Å²) in [5.74, 6) is 0. The van der Waals surface area contributed by atoms with Gasteiger partial charge in [-0.15, -0.1) is 0 Å². The van der Waals surface area contributed by atoms with Crippen LogP contribution in [0, 0.1) is 0 Å². The lowest BCUT2D eigenvalue weighted by Crippen LogP contribution is -2.64. The van der Waals surface area contributed by atoms with Crippen LogP contribution in [-0.4, -0.2) is 70.4 Å². The van der Waals surface area contributed by atoms with Crippen LogP contribution in [0.2, 0.25) is 0 Å². The van der Waals surface area contributed by atoms with Crippen LogP contribution in [-0.2, 0) is 8.92 Å². The predicted octanol–water partition coefficient (Wildman–Crippen LogP) is -1.88. The van der Waals surface area contributed by atoms with Gasteiger partial charge in [0.25, 0.3) is 0 Å². The van der Waals surface area contributed by atoms with Crippen molar-refractivity contribution < 1.29 is 29.3 Å². The molecule has 0 aromatic carbocycles. The van der Waals surface area contributed by atoms with Gasteiger partial charge in [-0.1, -0.05) is 0 Å². The number of ether oxygens (including phenoxy) is 1. The van der Waals surface area contributed by atoms with Crippen molar-refractivity contribution in [3.63, 3.8) is 0 Å². The molecule has 0 aromatic heterocycles. The van der Waals surface area contributed by atoms with Crippen LogP contribution in [0.15, 0.2) is 0 Å². The average molecular weight is 240 g/mol. The van der Waals surface area contributed by atoms with E-state index >= 15 is 0 Å². The maximum Gasteiger partial charge on any atom is 0.129 e. The Morgan fingerprint density at radius 1 is 0.867 bits per heavy atom. The summed E-state index contributed by atoms with van der Waals surface area (Å²) >= 11 is 0.992. The van der Waals surface area contributed by atoms with Crippen LogP contribution in [0.3, 0.4) is 0 Å². The second-order valence-electron chi connectivity index (χ2n) is 3.39. The van der Waals surface area contributed by atoms with Crippen LogP contribution < -0.4 is 0 Å². The van der Waals surface area contributed by atoms with Crippen LogP contribution >= 0.6 is 12.0 Å². The van der Waals surface area contributed by atoms with E-state index in [1.165, 1.54) is 7.11 Å². The molecule has 0 bridgehead atoms. The summed E-state index contributed by atoms with van der Waals surface area (Å²) in [6.07, 6.45) is -5.56. The molecule has 1 fully saturated rings. The normalized spacial score (nSPS) is 46.8. The summed E-state index contributed by atoms with van der Waals surface area (Å²) < 4.78 is 10.0. The van der Waals surface area contributed by atoms with Crippen molar-refractivity contribution in [2.75, 3.05) is 13.4 Å². The Hall–Kier alpha value is 0.110. The van der Waals surface area contributed by atoms with Crippen LogP contribution in [0.5, 0.6) is 0 Å². The van der Waals surface area contributed by atoms with E-state index in [1.807, 2.05) is 0 Å². The highest BCUT2D eigenvalue weighted by Gasteiger charge is 2.50. The topological polar surface area (TPSA) is 99.4 Å². The Morgan fingerprint density at radius 3 is 1.73 bits per heavy atom. The van der Waals surface area contributed by atoms with Gasteiger partial charge in [0.2, 0.25) is 0 Å². The minimum Gasteiger partial charge on any atom is -0.387 e. The summed E-state index contributed by atoms with van der Waals surface area (Å²) in [5.41, 5.74) is 0. The zero-order valence-electron chi connectivity index (χ0n) is 8.48. The fraction of sp³-hybridized carbons (Fsp3) is 1.00. The molecule has 1 aliphatic rings. The minimum atomic E-state index is -1.44. The summed E-state index contributed by atoms with van der Waals surface area (Å²) in [6, 6.07) is 0. The van der Waals surface area contributed by atoms with Gasteiger partial charge in [-0.25, -0.2) is 0 Å². The number of hydrogen-bond donors (Lipinski definition) is 4. The molecule has 6 unspecified atom stereocenters. The van der Waals surface area contributed by atoms with Gasteiger partial charge in [-0.2, -0.15) is 0 Å². The van der Waals surface area contributed by atoms with Gasteiger partial charge in [0.1, 0.15) is 36.6 Å². The summed E-state index contributed by atoms with van der Waals surface area (Å²) in [6.45, 7) is 0. The van der Waals surface area contributed by atoms with E-state index in [4.69, 9.17) is 8.92 Å². The molecule has 0 amide bonds. The van der Waals surface area contributed by atoms with E-state index < -0.39 is 36.6 Å². The molecule has 6 nitrogen and oxygen atoms in total. The quantitative estimate of drug-likeness (QED) is 0.428. The second-order valence-corrected chi connectivity index (χ2v) is 3.92. The Kier molecular flexibility index (Phi) is 4.78. The molecule has 0 aliphatic heterocycles. The first-order valence-electron chi connectivity index (χ1n) is 4.49. The van der Waals surface area contributed by atoms with Gasteiger partial charge in [-0.05, 0) is 12.0 Å². The van der Waals surface area contributed by atoms with E-state index in [1.54, 1.807) is 6.26 Å². The first-order chi connectivity index (χ1) is 7.04. The number of hydrogen-bond acceptors (Lipinski definition) is 7. The molecule has 90 valence electrons. The second kappa shape index (κ2) is 5.44. The average Bonchev–Trinajstić information content (AvgIpc) is 2.24. The highest BCUT2D eigenvalue weighted by atomic mass is 32.2. The largest absolute Gasteiger partial charge is 0.387 e. The molecular weight excluding hydrogens is 224 g/mol. The standard InChI is InChI=1S/C8H16O6S/c1-13-7-5(11)3(9)4(10)6(12)8(7)14-15-2/h3-12H,1-2H3. The smallest absolute Gasteiger partial charge is 0.129 e. The predicted molar refractivity (Wildman–Crippen MR) is 53.2 cm³/mol. The molecule has 15 heavy (non-hydrogen) atoms. The molecule has 0 heterocycles. The van der Waals surface area contributed by atoms with Crippen LogP contribution in [0.1, 0.15) is 0 Å². The SMILES string of the molecule is COC1C(O)C(O)C(O)C(O)C1OSC. The van der Waals surface area contributed by atoms with E-state index in [0.717, 1.165) is 12.0 Å². The van der Waals surface area contributed by atoms with E-state index in [-0.39, 0.29) is 0 Å². The van der Waals surface area contributed by atoms with Crippen molar-refractivity contribution in [1.29, 1.82) is 0 Å². The molecule has 0 radical (unpaired) electrons. The van der Waals surface area contributed by atoms with Gasteiger partial charge >= 0.3 is 0 Å².